The second-order valence-corrected chi connectivity index (χ2v) is 3.91. The number of carbonyl (C=O) groups is 1. The molecule has 0 radical (unpaired) electrons. The van der Waals surface area contributed by atoms with E-state index in [1.54, 1.807) is 13.2 Å². The average Bonchev–Trinajstić information content (AvgIpc) is 2.11. The highest BCUT2D eigenvalue weighted by Gasteiger charge is 2.37. The molecule has 0 heterocycles. The number of fused-ring (bicyclic) bond motifs is 2. The molecule has 0 aromatic heterocycles. The van der Waals surface area contributed by atoms with Crippen LogP contribution in [0.25, 0.3) is 0 Å². The van der Waals surface area contributed by atoms with E-state index in [2.05, 4.69) is 0 Å². The normalized spacial score (nSPS) is 38.5. The third-order valence-corrected chi connectivity index (χ3v) is 3.01. The first-order valence-corrected chi connectivity index (χ1v) is 4.68. The second kappa shape index (κ2) is 3.14. The van der Waals surface area contributed by atoms with E-state index in [0.29, 0.717) is 6.42 Å². The summed E-state index contributed by atoms with van der Waals surface area (Å²) >= 11 is 0. The maximum atomic E-state index is 11.5. The highest BCUT2D eigenvalue weighted by Crippen LogP contribution is 2.38. The Labute approximate surface area is 77.4 Å². The predicted molar refractivity (Wildman–Crippen MR) is 46.9 cm³/mol. The molecule has 1 saturated carbocycles. The Balaban J connectivity index is 2.24. The van der Waals surface area contributed by atoms with Gasteiger partial charge in [-0.15, -0.1) is 0 Å². The summed E-state index contributed by atoms with van der Waals surface area (Å²) in [5.74, 6) is 1.16. The summed E-state index contributed by atoms with van der Waals surface area (Å²) in [6.45, 7) is 0. The van der Waals surface area contributed by atoms with E-state index in [1.807, 2.05) is 0 Å². The quantitative estimate of drug-likeness (QED) is 0.654. The van der Waals surface area contributed by atoms with Gasteiger partial charge in [0.2, 0.25) is 0 Å². The molecule has 2 rings (SSSR count). The Kier molecular flexibility index (Phi) is 2.12. The lowest BCUT2D eigenvalue weighted by atomic mass is 9.73. The van der Waals surface area contributed by atoms with Gasteiger partial charge in [0.1, 0.15) is 5.76 Å². The first-order valence-electron chi connectivity index (χ1n) is 4.68. The van der Waals surface area contributed by atoms with E-state index in [4.69, 9.17) is 4.74 Å². The van der Waals surface area contributed by atoms with Crippen LogP contribution in [0.4, 0.5) is 0 Å². The van der Waals surface area contributed by atoms with Crippen molar-refractivity contribution >= 4 is 5.78 Å². The fourth-order valence-corrected chi connectivity index (χ4v) is 2.36. The highest BCUT2D eigenvalue weighted by atomic mass is 16.5. The molecule has 0 unspecified atom stereocenters. The Morgan fingerprint density at radius 3 is 2.77 bits per heavy atom. The van der Waals surface area contributed by atoms with Crippen LogP contribution in [0.5, 0.6) is 0 Å². The van der Waals surface area contributed by atoms with Crippen LogP contribution in [-0.2, 0) is 9.53 Å². The molecule has 0 aromatic rings. The van der Waals surface area contributed by atoms with Crippen LogP contribution in [0.15, 0.2) is 11.8 Å². The van der Waals surface area contributed by atoms with Crippen molar-refractivity contribution in [3.63, 3.8) is 0 Å². The Bertz CT molecular complexity index is 257. The Morgan fingerprint density at radius 2 is 2.08 bits per heavy atom. The first kappa shape index (κ1) is 8.75. The van der Waals surface area contributed by atoms with Crippen LogP contribution in [-0.4, -0.2) is 24.1 Å². The van der Waals surface area contributed by atoms with E-state index in [1.165, 1.54) is 0 Å². The number of rotatable bonds is 1. The van der Waals surface area contributed by atoms with Gasteiger partial charge in [-0.25, -0.2) is 0 Å². The summed E-state index contributed by atoms with van der Waals surface area (Å²) < 4.78 is 5.12. The molecular formula is C10H14O3. The molecule has 2 aliphatic carbocycles. The van der Waals surface area contributed by atoms with Gasteiger partial charge in [-0.05, 0) is 19.3 Å². The topological polar surface area (TPSA) is 46.5 Å². The molecular weight excluding hydrogens is 168 g/mol. The third-order valence-electron chi connectivity index (χ3n) is 3.01. The summed E-state index contributed by atoms with van der Waals surface area (Å²) in [4.78, 5) is 11.5. The van der Waals surface area contributed by atoms with Gasteiger partial charge in [0.15, 0.2) is 5.78 Å². The Hall–Kier alpha value is -0.830. The van der Waals surface area contributed by atoms with Crippen molar-refractivity contribution in [1.29, 1.82) is 0 Å². The minimum absolute atomic E-state index is 0.0349. The van der Waals surface area contributed by atoms with Gasteiger partial charge in [0.05, 0.1) is 13.2 Å². The standard InChI is InChI=1S/C10H14O3/c1-13-10-5-9(12)6-2-7(10)4-8(11)3-6/h5-8,11H,2-4H2,1H3/t6-,7+,8+/m1/s1. The number of hydrogen-bond donors (Lipinski definition) is 1. The molecule has 3 atom stereocenters. The van der Waals surface area contributed by atoms with Gasteiger partial charge in [-0.1, -0.05) is 0 Å². The molecule has 2 bridgehead atoms. The summed E-state index contributed by atoms with van der Waals surface area (Å²) in [5, 5.41) is 9.51. The SMILES string of the molecule is COC1=CC(=O)[C@H]2C[C@H](O)C[C@@H]1C2. The zero-order valence-corrected chi connectivity index (χ0v) is 7.69. The number of methoxy groups -OCH3 is 1. The summed E-state index contributed by atoms with van der Waals surface area (Å²) in [6, 6.07) is 0. The molecule has 0 aromatic carbocycles. The number of aliphatic hydroxyl groups excluding tert-OH is 1. The number of ether oxygens (including phenoxy) is 1. The summed E-state index contributed by atoms with van der Waals surface area (Å²) in [6.07, 6.45) is 3.50. The van der Waals surface area contributed by atoms with Crippen LogP contribution < -0.4 is 0 Å². The molecule has 0 saturated heterocycles. The largest absolute Gasteiger partial charge is 0.501 e. The maximum Gasteiger partial charge on any atom is 0.162 e. The minimum Gasteiger partial charge on any atom is -0.501 e. The lowest BCUT2D eigenvalue weighted by Gasteiger charge is -2.35. The van der Waals surface area contributed by atoms with Crippen LogP contribution in [0, 0.1) is 11.8 Å². The summed E-state index contributed by atoms with van der Waals surface area (Å²) in [7, 11) is 1.58. The van der Waals surface area contributed by atoms with Crippen molar-refractivity contribution in [3.8, 4) is 0 Å². The monoisotopic (exact) mass is 182 g/mol. The third kappa shape index (κ3) is 1.48. The van der Waals surface area contributed by atoms with Gasteiger partial charge < -0.3 is 9.84 Å². The molecule has 0 spiro atoms. The molecule has 13 heavy (non-hydrogen) atoms. The smallest absolute Gasteiger partial charge is 0.162 e. The van der Waals surface area contributed by atoms with E-state index in [-0.39, 0.29) is 23.7 Å². The zero-order valence-electron chi connectivity index (χ0n) is 7.69. The van der Waals surface area contributed by atoms with E-state index in [0.717, 1.165) is 18.6 Å². The Morgan fingerprint density at radius 1 is 1.38 bits per heavy atom. The van der Waals surface area contributed by atoms with Gasteiger partial charge in [0, 0.05) is 17.9 Å². The molecule has 72 valence electrons. The molecule has 3 nitrogen and oxygen atoms in total. The van der Waals surface area contributed by atoms with Gasteiger partial charge in [-0.3, -0.25) is 4.79 Å². The van der Waals surface area contributed by atoms with Crippen molar-refractivity contribution < 1.29 is 14.6 Å². The van der Waals surface area contributed by atoms with E-state index >= 15 is 0 Å². The van der Waals surface area contributed by atoms with E-state index < -0.39 is 0 Å². The zero-order chi connectivity index (χ0) is 9.42. The van der Waals surface area contributed by atoms with Crippen LogP contribution in [0.1, 0.15) is 19.3 Å². The molecule has 2 aliphatic rings. The fraction of sp³-hybridized carbons (Fsp3) is 0.700. The van der Waals surface area contributed by atoms with Crippen molar-refractivity contribution in [2.24, 2.45) is 11.8 Å². The van der Waals surface area contributed by atoms with Crippen molar-refractivity contribution in [1.82, 2.24) is 0 Å². The second-order valence-electron chi connectivity index (χ2n) is 3.91. The number of carbonyl (C=O) groups excluding carboxylic acids is 1. The van der Waals surface area contributed by atoms with Gasteiger partial charge in [0.25, 0.3) is 0 Å². The molecule has 1 fully saturated rings. The van der Waals surface area contributed by atoms with Gasteiger partial charge >= 0.3 is 0 Å². The minimum atomic E-state index is -0.327. The fourth-order valence-electron chi connectivity index (χ4n) is 2.36. The molecule has 1 N–H and O–H groups in total. The van der Waals surface area contributed by atoms with Crippen LogP contribution in [0.3, 0.4) is 0 Å². The lowest BCUT2D eigenvalue weighted by Crippen LogP contribution is -2.35. The van der Waals surface area contributed by atoms with Crippen molar-refractivity contribution in [2.45, 2.75) is 25.4 Å². The molecule has 0 amide bonds. The van der Waals surface area contributed by atoms with Gasteiger partial charge in [-0.2, -0.15) is 0 Å². The van der Waals surface area contributed by atoms with E-state index in [9.17, 15) is 9.90 Å². The van der Waals surface area contributed by atoms with Crippen LogP contribution >= 0.6 is 0 Å². The van der Waals surface area contributed by atoms with Crippen molar-refractivity contribution in [3.05, 3.63) is 11.8 Å². The van der Waals surface area contributed by atoms with Crippen molar-refractivity contribution in [2.75, 3.05) is 7.11 Å². The maximum absolute atomic E-state index is 11.5. The number of allylic oxidation sites excluding steroid dienone is 2. The molecule has 3 heteroatoms. The predicted octanol–water partition coefficient (Wildman–Crippen LogP) is 0.877. The number of ketones is 1. The lowest BCUT2D eigenvalue weighted by molar-refractivity contribution is -0.122. The number of aliphatic hydroxyl groups is 1. The highest BCUT2D eigenvalue weighted by molar-refractivity contribution is 5.93. The van der Waals surface area contributed by atoms with Crippen LogP contribution in [0.2, 0.25) is 0 Å². The number of hydrogen-bond acceptors (Lipinski definition) is 3. The average molecular weight is 182 g/mol. The first-order chi connectivity index (χ1) is 6.20. The summed E-state index contributed by atoms with van der Waals surface area (Å²) in [5.41, 5.74) is 0. The molecule has 0 aliphatic heterocycles.